The predicted molar refractivity (Wildman–Crippen MR) is 67.8 cm³/mol. The lowest BCUT2D eigenvalue weighted by molar-refractivity contribution is -0.00718. The zero-order valence-electron chi connectivity index (χ0n) is 11.0. The number of rotatable bonds is 0. The highest BCUT2D eigenvalue weighted by Crippen LogP contribution is 2.79. The predicted octanol–water partition coefficient (Wildman–Crippen LogP) is 1.90. The first-order chi connectivity index (χ1) is 7.29. The summed E-state index contributed by atoms with van der Waals surface area (Å²) in [7, 11) is 7.12. The lowest BCUT2D eigenvalue weighted by Crippen LogP contribution is -2.43. The van der Waals surface area contributed by atoms with Gasteiger partial charge in [-0.05, 0) is 29.1 Å². The fourth-order valence-corrected chi connectivity index (χ4v) is 3.23. The highest BCUT2D eigenvalue weighted by atomic mass is 15.2. The minimum atomic E-state index is 0.650. The molecule has 2 fully saturated rings. The molecule has 2 aliphatic carbocycles. The fourth-order valence-electron chi connectivity index (χ4n) is 3.23. The minimum absolute atomic E-state index is 0.650. The van der Waals surface area contributed by atoms with Gasteiger partial charge in [0, 0.05) is 19.4 Å². The van der Waals surface area contributed by atoms with Crippen molar-refractivity contribution in [2.45, 2.75) is 34.1 Å². The van der Waals surface area contributed by atoms with Crippen LogP contribution in [0.5, 0.6) is 0 Å². The Bertz CT molecular complexity index is 380. The SMILES string of the molecule is CC1C2CC2(C)C1(C)C.[B]c1cnn(C)c1. The van der Waals surface area contributed by atoms with E-state index >= 15 is 0 Å². The lowest BCUT2D eigenvalue weighted by atomic mass is 9.56. The van der Waals surface area contributed by atoms with E-state index in [1.807, 2.05) is 7.05 Å². The molecule has 1 heterocycles. The van der Waals surface area contributed by atoms with E-state index in [9.17, 15) is 0 Å². The van der Waals surface area contributed by atoms with E-state index in [0.717, 1.165) is 17.3 Å². The van der Waals surface area contributed by atoms with E-state index in [0.29, 0.717) is 10.9 Å². The summed E-state index contributed by atoms with van der Waals surface area (Å²) in [6.45, 7) is 9.68. The molecule has 0 amide bonds. The van der Waals surface area contributed by atoms with Gasteiger partial charge >= 0.3 is 0 Å². The Morgan fingerprint density at radius 2 is 2.06 bits per heavy atom. The molecular weight excluding hydrogens is 195 g/mol. The zero-order chi connectivity index (χ0) is 12.1. The molecule has 3 atom stereocenters. The van der Waals surface area contributed by atoms with Crippen molar-refractivity contribution in [1.82, 2.24) is 9.78 Å². The first kappa shape index (κ1) is 11.8. The number of aromatic nitrogens is 2. The number of aryl methyl sites for hydroxylation is 1. The molecule has 0 bridgehead atoms. The van der Waals surface area contributed by atoms with Gasteiger partial charge in [0.15, 0.2) is 0 Å². The third-order valence-electron chi connectivity index (χ3n) is 5.24. The molecule has 1 aromatic heterocycles. The zero-order valence-corrected chi connectivity index (χ0v) is 11.0. The number of hydrogen-bond acceptors (Lipinski definition) is 1. The van der Waals surface area contributed by atoms with Gasteiger partial charge in [-0.25, -0.2) is 0 Å². The average Bonchev–Trinajstić information content (AvgIpc) is 2.72. The normalized spacial score (nSPS) is 37.8. The second-order valence-electron chi connectivity index (χ2n) is 6.19. The van der Waals surface area contributed by atoms with Gasteiger partial charge in [0.25, 0.3) is 0 Å². The first-order valence-electron chi connectivity index (χ1n) is 6.03. The quantitative estimate of drug-likeness (QED) is 0.605. The van der Waals surface area contributed by atoms with Gasteiger partial charge < -0.3 is 0 Å². The molecular formula is C13H21BN2. The number of nitrogens with zero attached hydrogens (tertiary/aromatic N) is 2. The third-order valence-corrected chi connectivity index (χ3v) is 5.24. The van der Waals surface area contributed by atoms with E-state index in [1.165, 1.54) is 6.42 Å². The maximum Gasteiger partial charge on any atom is 0.118 e. The molecule has 86 valence electrons. The van der Waals surface area contributed by atoms with Crippen LogP contribution in [-0.4, -0.2) is 17.6 Å². The Balaban J connectivity index is 0.000000125. The molecule has 2 nitrogen and oxygen atoms in total. The molecule has 3 heteroatoms. The highest BCUT2D eigenvalue weighted by molar-refractivity contribution is 6.31. The van der Waals surface area contributed by atoms with Crippen molar-refractivity contribution in [3.63, 3.8) is 0 Å². The largest absolute Gasteiger partial charge is 0.276 e. The Morgan fingerprint density at radius 1 is 1.44 bits per heavy atom. The van der Waals surface area contributed by atoms with Crippen LogP contribution in [0.3, 0.4) is 0 Å². The molecule has 0 aromatic carbocycles. The summed E-state index contributed by atoms with van der Waals surface area (Å²) in [4.78, 5) is 0. The van der Waals surface area contributed by atoms with Crippen LogP contribution in [0.25, 0.3) is 0 Å². The summed E-state index contributed by atoms with van der Waals surface area (Å²) >= 11 is 0. The number of fused-ring (bicyclic) bond motifs is 1. The van der Waals surface area contributed by atoms with Gasteiger partial charge in [0.05, 0.1) is 0 Å². The average molecular weight is 216 g/mol. The standard InChI is InChI=1S/C9H16.C4H5BN2/c1-6-7-5-9(7,4)8(6,2)3;1-7-3-4(5)2-6-7/h6-7H,5H2,1-4H3;2-3H,1H3. The second-order valence-corrected chi connectivity index (χ2v) is 6.19. The maximum absolute atomic E-state index is 5.30. The van der Waals surface area contributed by atoms with Crippen molar-refractivity contribution >= 4 is 13.3 Å². The van der Waals surface area contributed by atoms with Crippen molar-refractivity contribution in [2.75, 3.05) is 0 Å². The first-order valence-corrected chi connectivity index (χ1v) is 6.03. The molecule has 3 rings (SSSR count). The van der Waals surface area contributed by atoms with Gasteiger partial charge in [-0.15, -0.1) is 0 Å². The summed E-state index contributed by atoms with van der Waals surface area (Å²) in [6, 6.07) is 0. The Kier molecular flexibility index (Phi) is 2.48. The smallest absolute Gasteiger partial charge is 0.118 e. The molecule has 0 aliphatic heterocycles. The second kappa shape index (κ2) is 3.38. The lowest BCUT2D eigenvalue weighted by Gasteiger charge is -2.49. The summed E-state index contributed by atoms with van der Waals surface area (Å²) in [5, 5.41) is 3.81. The summed E-state index contributed by atoms with van der Waals surface area (Å²) in [5.41, 5.74) is 2.12. The molecule has 2 saturated carbocycles. The molecule has 16 heavy (non-hydrogen) atoms. The molecule has 3 unspecified atom stereocenters. The van der Waals surface area contributed by atoms with Crippen LogP contribution >= 0.6 is 0 Å². The molecule has 2 aliphatic rings. The van der Waals surface area contributed by atoms with E-state index in [-0.39, 0.29) is 0 Å². The Morgan fingerprint density at radius 3 is 2.19 bits per heavy atom. The summed E-state index contributed by atoms with van der Waals surface area (Å²) in [6.07, 6.45) is 4.86. The molecule has 0 saturated heterocycles. The molecule has 0 spiro atoms. The van der Waals surface area contributed by atoms with Crippen molar-refractivity contribution in [3.05, 3.63) is 12.4 Å². The summed E-state index contributed by atoms with van der Waals surface area (Å²) in [5.74, 6) is 2.08. The topological polar surface area (TPSA) is 17.8 Å². The van der Waals surface area contributed by atoms with Crippen molar-refractivity contribution in [3.8, 4) is 0 Å². The van der Waals surface area contributed by atoms with Gasteiger partial charge in [0.1, 0.15) is 7.85 Å². The Hall–Kier alpha value is -0.725. The van der Waals surface area contributed by atoms with E-state index in [1.54, 1.807) is 17.1 Å². The van der Waals surface area contributed by atoms with Crippen LogP contribution in [0, 0.1) is 22.7 Å². The van der Waals surface area contributed by atoms with Crippen LogP contribution in [-0.2, 0) is 7.05 Å². The van der Waals surface area contributed by atoms with Gasteiger partial charge in [0.2, 0.25) is 0 Å². The van der Waals surface area contributed by atoms with Crippen molar-refractivity contribution in [2.24, 2.45) is 29.7 Å². The van der Waals surface area contributed by atoms with Crippen LogP contribution in [0.4, 0.5) is 0 Å². The van der Waals surface area contributed by atoms with Gasteiger partial charge in [-0.1, -0.05) is 33.2 Å². The van der Waals surface area contributed by atoms with Crippen molar-refractivity contribution < 1.29 is 0 Å². The molecule has 2 radical (unpaired) electrons. The highest BCUT2D eigenvalue weighted by Gasteiger charge is 2.73. The van der Waals surface area contributed by atoms with E-state index in [2.05, 4.69) is 32.8 Å². The molecule has 0 N–H and O–H groups in total. The fraction of sp³-hybridized carbons (Fsp3) is 0.769. The van der Waals surface area contributed by atoms with Gasteiger partial charge in [-0.2, -0.15) is 5.10 Å². The summed E-state index contributed by atoms with van der Waals surface area (Å²) < 4.78 is 1.66. The third kappa shape index (κ3) is 1.52. The van der Waals surface area contributed by atoms with Crippen LogP contribution < -0.4 is 5.46 Å². The monoisotopic (exact) mass is 216 g/mol. The maximum atomic E-state index is 5.30. The van der Waals surface area contributed by atoms with Gasteiger partial charge in [-0.3, -0.25) is 4.68 Å². The minimum Gasteiger partial charge on any atom is -0.276 e. The molecule has 1 aromatic rings. The van der Waals surface area contributed by atoms with Crippen molar-refractivity contribution in [1.29, 1.82) is 0 Å². The van der Waals surface area contributed by atoms with Crippen LogP contribution in [0.15, 0.2) is 12.4 Å². The van der Waals surface area contributed by atoms with Crippen LogP contribution in [0.1, 0.15) is 34.1 Å². The van der Waals surface area contributed by atoms with E-state index in [4.69, 9.17) is 7.85 Å². The van der Waals surface area contributed by atoms with E-state index < -0.39 is 0 Å². The van der Waals surface area contributed by atoms with Crippen LogP contribution in [0.2, 0.25) is 0 Å². The Labute approximate surface area is 99.8 Å². The number of hydrogen-bond donors (Lipinski definition) is 0.